The predicted molar refractivity (Wildman–Crippen MR) is 112 cm³/mol. The fraction of sp³-hybridized carbons (Fsp3) is 0.579. The van der Waals surface area contributed by atoms with E-state index in [1.165, 1.54) is 4.90 Å². The number of nitrogens with one attached hydrogen (secondary N) is 3. The number of amides is 1. The minimum absolute atomic E-state index is 0.108. The maximum atomic E-state index is 12.2. The number of rotatable bonds is 3. The van der Waals surface area contributed by atoms with Crippen molar-refractivity contribution in [2.45, 2.75) is 39.7 Å². The summed E-state index contributed by atoms with van der Waals surface area (Å²) in [4.78, 5) is 15.7. The first kappa shape index (κ1) is 20.9. The number of hydrogen-bond donors (Lipinski definition) is 3. The predicted octanol–water partition coefficient (Wildman–Crippen LogP) is 1.85. The van der Waals surface area contributed by atoms with Crippen LogP contribution in [0.4, 0.5) is 5.69 Å². The van der Waals surface area contributed by atoms with E-state index < -0.39 is 0 Å². The van der Waals surface area contributed by atoms with Gasteiger partial charge < -0.3 is 20.4 Å². The third-order valence-electron chi connectivity index (χ3n) is 4.42. The minimum atomic E-state index is -0.186. The molecule has 1 aromatic carbocycles. The number of thiocarbonyl (C=S) groups is 1. The molecule has 5 nitrogen and oxygen atoms in total. The fourth-order valence-electron chi connectivity index (χ4n) is 3.06. The Balaban J connectivity index is 1.88. The zero-order valence-corrected chi connectivity index (χ0v) is 17.7. The Morgan fingerprint density at radius 3 is 2.73 bits per heavy atom. The molecule has 0 saturated carbocycles. The standard InChI is InChI=1S/C19H29ClN4OS/c1-14-15(20)7-5-8-16(14)21-18(26)24-10-6-9-23(11-12-24)13-17(25)22-19(2,3)4/h5,7-8H,6,9-13H2,1-4H3,(H,21,26)(H,22,25)/p+1. The van der Waals surface area contributed by atoms with Crippen molar-refractivity contribution < 1.29 is 9.69 Å². The van der Waals surface area contributed by atoms with Crippen LogP contribution in [0.3, 0.4) is 0 Å². The van der Waals surface area contributed by atoms with Gasteiger partial charge in [-0.25, -0.2) is 0 Å². The lowest BCUT2D eigenvalue weighted by atomic mass is 10.1. The maximum absolute atomic E-state index is 12.2. The second-order valence-electron chi connectivity index (χ2n) is 7.91. The lowest BCUT2D eigenvalue weighted by molar-refractivity contribution is -0.889. The molecule has 3 N–H and O–H groups in total. The van der Waals surface area contributed by atoms with Crippen LogP contribution in [-0.2, 0) is 4.79 Å². The second kappa shape index (κ2) is 9.02. The van der Waals surface area contributed by atoms with Gasteiger partial charge >= 0.3 is 0 Å². The van der Waals surface area contributed by atoms with E-state index in [1.54, 1.807) is 0 Å². The van der Waals surface area contributed by atoms with Crippen molar-refractivity contribution >= 4 is 40.5 Å². The lowest BCUT2D eigenvalue weighted by Crippen LogP contribution is -3.13. The summed E-state index contributed by atoms with van der Waals surface area (Å²) < 4.78 is 0. The molecule has 0 aromatic heterocycles. The molecule has 1 heterocycles. The van der Waals surface area contributed by atoms with Gasteiger partial charge in [-0.1, -0.05) is 17.7 Å². The maximum Gasteiger partial charge on any atom is 0.275 e. The Labute approximate surface area is 167 Å². The van der Waals surface area contributed by atoms with Gasteiger partial charge in [0.05, 0.1) is 19.6 Å². The van der Waals surface area contributed by atoms with Gasteiger partial charge in [0.1, 0.15) is 0 Å². The summed E-state index contributed by atoms with van der Waals surface area (Å²) in [5.41, 5.74) is 1.76. The highest BCUT2D eigenvalue weighted by molar-refractivity contribution is 7.80. The molecule has 0 aliphatic carbocycles. The number of anilines is 1. The number of hydrogen-bond acceptors (Lipinski definition) is 2. The van der Waals surface area contributed by atoms with E-state index in [9.17, 15) is 4.79 Å². The summed E-state index contributed by atoms with van der Waals surface area (Å²) in [6, 6.07) is 5.78. The largest absolute Gasteiger partial charge is 0.347 e. The summed E-state index contributed by atoms with van der Waals surface area (Å²) in [5, 5.41) is 7.81. The Kier molecular flexibility index (Phi) is 7.26. The molecule has 2 rings (SSSR count). The van der Waals surface area contributed by atoms with Crippen molar-refractivity contribution in [1.82, 2.24) is 10.2 Å². The van der Waals surface area contributed by atoms with Crippen LogP contribution in [0.15, 0.2) is 18.2 Å². The van der Waals surface area contributed by atoms with Gasteiger partial charge in [0.25, 0.3) is 5.91 Å². The normalized spacial score (nSPS) is 18.2. The molecule has 1 saturated heterocycles. The fourth-order valence-corrected chi connectivity index (χ4v) is 3.52. The Hall–Kier alpha value is -1.37. The van der Waals surface area contributed by atoms with Gasteiger partial charge in [-0.05, 0) is 57.6 Å². The van der Waals surface area contributed by atoms with Crippen molar-refractivity contribution in [1.29, 1.82) is 0 Å². The van der Waals surface area contributed by atoms with Crippen LogP contribution in [0.2, 0.25) is 5.02 Å². The van der Waals surface area contributed by atoms with Crippen LogP contribution in [-0.4, -0.2) is 54.2 Å². The van der Waals surface area contributed by atoms with Gasteiger partial charge in [0.2, 0.25) is 0 Å². The average Bonchev–Trinajstić information content (AvgIpc) is 2.75. The lowest BCUT2D eigenvalue weighted by Gasteiger charge is -2.25. The molecule has 0 bridgehead atoms. The molecule has 1 unspecified atom stereocenters. The molecule has 1 aliphatic heterocycles. The molecule has 26 heavy (non-hydrogen) atoms. The third-order valence-corrected chi connectivity index (χ3v) is 5.18. The topological polar surface area (TPSA) is 48.8 Å². The van der Waals surface area contributed by atoms with Gasteiger partial charge in [-0.2, -0.15) is 0 Å². The van der Waals surface area contributed by atoms with Crippen LogP contribution in [0.25, 0.3) is 0 Å². The number of carbonyl (C=O) groups excluding carboxylic acids is 1. The SMILES string of the molecule is Cc1c(Cl)cccc1NC(=S)N1CCC[NH+](CC(=O)NC(C)(C)C)CC1. The zero-order valence-electron chi connectivity index (χ0n) is 16.1. The van der Waals surface area contributed by atoms with Crippen LogP contribution >= 0.6 is 23.8 Å². The highest BCUT2D eigenvalue weighted by atomic mass is 35.5. The zero-order chi connectivity index (χ0) is 19.3. The molecule has 0 spiro atoms. The molecule has 1 atom stereocenters. The first-order chi connectivity index (χ1) is 12.2. The Bertz CT molecular complexity index is 659. The van der Waals surface area contributed by atoms with E-state index in [1.807, 2.05) is 45.9 Å². The second-order valence-corrected chi connectivity index (χ2v) is 8.70. The van der Waals surface area contributed by atoms with Gasteiger partial charge in [-0.3, -0.25) is 4.79 Å². The summed E-state index contributed by atoms with van der Waals surface area (Å²) in [7, 11) is 0. The summed E-state index contributed by atoms with van der Waals surface area (Å²) in [5.74, 6) is 0.108. The molecule has 1 fully saturated rings. The highest BCUT2D eigenvalue weighted by Gasteiger charge is 2.23. The molecular formula is C19H30ClN4OS+. The number of nitrogens with zero attached hydrogens (tertiary/aromatic N) is 1. The van der Waals surface area contributed by atoms with Crippen molar-refractivity contribution in [2.24, 2.45) is 0 Å². The van der Waals surface area contributed by atoms with Crippen LogP contribution < -0.4 is 15.5 Å². The molecule has 1 aliphatic rings. The van der Waals surface area contributed by atoms with Crippen molar-refractivity contribution in [3.63, 3.8) is 0 Å². The van der Waals surface area contributed by atoms with E-state index in [4.69, 9.17) is 23.8 Å². The Morgan fingerprint density at radius 2 is 2.04 bits per heavy atom. The van der Waals surface area contributed by atoms with E-state index in [0.717, 1.165) is 54.0 Å². The van der Waals surface area contributed by atoms with Crippen molar-refractivity contribution in [2.75, 3.05) is 38.0 Å². The number of quaternary nitrogens is 1. The van der Waals surface area contributed by atoms with E-state index >= 15 is 0 Å². The van der Waals surface area contributed by atoms with Crippen LogP contribution in [0, 0.1) is 6.92 Å². The number of benzene rings is 1. The van der Waals surface area contributed by atoms with Crippen LogP contribution in [0.1, 0.15) is 32.8 Å². The first-order valence-corrected chi connectivity index (χ1v) is 9.90. The smallest absolute Gasteiger partial charge is 0.275 e. The summed E-state index contributed by atoms with van der Waals surface area (Å²) in [6.07, 6.45) is 1.01. The molecule has 7 heteroatoms. The highest BCUT2D eigenvalue weighted by Crippen LogP contribution is 2.23. The minimum Gasteiger partial charge on any atom is -0.347 e. The van der Waals surface area contributed by atoms with E-state index in [-0.39, 0.29) is 11.4 Å². The molecular weight excluding hydrogens is 368 g/mol. The molecule has 0 radical (unpaired) electrons. The number of halogens is 1. The third kappa shape index (κ3) is 6.41. The molecule has 1 aromatic rings. The van der Waals surface area contributed by atoms with Crippen LogP contribution in [0.5, 0.6) is 0 Å². The van der Waals surface area contributed by atoms with Gasteiger partial charge in [0.15, 0.2) is 11.7 Å². The number of carbonyl (C=O) groups is 1. The first-order valence-electron chi connectivity index (χ1n) is 9.11. The van der Waals surface area contributed by atoms with Gasteiger partial charge in [0, 0.05) is 29.2 Å². The molecule has 1 amide bonds. The average molecular weight is 398 g/mol. The monoisotopic (exact) mass is 397 g/mol. The summed E-state index contributed by atoms with van der Waals surface area (Å²) >= 11 is 11.8. The van der Waals surface area contributed by atoms with E-state index in [2.05, 4.69) is 15.5 Å². The quantitative estimate of drug-likeness (QED) is 0.681. The van der Waals surface area contributed by atoms with Crippen molar-refractivity contribution in [3.8, 4) is 0 Å². The van der Waals surface area contributed by atoms with E-state index in [0.29, 0.717) is 6.54 Å². The van der Waals surface area contributed by atoms with Gasteiger partial charge in [-0.15, -0.1) is 0 Å². The molecule has 144 valence electrons. The summed E-state index contributed by atoms with van der Waals surface area (Å²) in [6.45, 7) is 12.1. The van der Waals surface area contributed by atoms with Crippen molar-refractivity contribution in [3.05, 3.63) is 28.8 Å². The Morgan fingerprint density at radius 1 is 1.31 bits per heavy atom.